The number of carboxylic acid groups (broad SMARTS) is 1. The van der Waals surface area contributed by atoms with Crippen molar-refractivity contribution >= 4 is 11.9 Å². The van der Waals surface area contributed by atoms with Crippen LogP contribution in [0.3, 0.4) is 0 Å². The molecule has 0 atom stereocenters. The van der Waals surface area contributed by atoms with Gasteiger partial charge in [0.05, 0.1) is 0 Å². The van der Waals surface area contributed by atoms with Crippen molar-refractivity contribution in [3.05, 3.63) is 12.7 Å². The Morgan fingerprint density at radius 2 is 1.63 bits per heavy atom. The van der Waals surface area contributed by atoms with Gasteiger partial charge in [-0.25, -0.2) is 0 Å². The van der Waals surface area contributed by atoms with Crippen molar-refractivity contribution in [1.82, 2.24) is 4.90 Å². The SMILES string of the molecule is C=CC(=O)N(CC(=O)O)C1C2CC3CC(C2)CC1C3. The Bertz CT molecular complexity index is 390. The molecule has 4 rings (SSSR count). The van der Waals surface area contributed by atoms with Gasteiger partial charge in [0.1, 0.15) is 6.54 Å². The molecule has 0 heterocycles. The van der Waals surface area contributed by atoms with Gasteiger partial charge >= 0.3 is 5.97 Å². The molecule has 4 saturated carbocycles. The third-order valence-electron chi connectivity index (χ3n) is 5.30. The molecule has 4 nitrogen and oxygen atoms in total. The van der Waals surface area contributed by atoms with Crippen LogP contribution >= 0.6 is 0 Å². The summed E-state index contributed by atoms with van der Waals surface area (Å²) in [5.74, 6) is 1.52. The Hall–Kier alpha value is -1.32. The maximum atomic E-state index is 12.0. The average molecular weight is 263 g/mol. The molecular weight excluding hydrogens is 242 g/mol. The molecule has 0 aromatic rings. The number of rotatable bonds is 4. The van der Waals surface area contributed by atoms with Crippen LogP contribution in [0.5, 0.6) is 0 Å². The molecule has 4 heteroatoms. The first-order valence-electron chi connectivity index (χ1n) is 7.23. The van der Waals surface area contributed by atoms with E-state index in [1.54, 1.807) is 4.90 Å². The van der Waals surface area contributed by atoms with E-state index in [1.807, 2.05) is 0 Å². The number of carboxylic acids is 1. The normalized spacial score (nSPS) is 39.1. The van der Waals surface area contributed by atoms with Gasteiger partial charge in [-0.3, -0.25) is 9.59 Å². The lowest BCUT2D eigenvalue weighted by molar-refractivity contribution is -0.151. The van der Waals surface area contributed by atoms with E-state index < -0.39 is 5.97 Å². The van der Waals surface area contributed by atoms with Gasteiger partial charge in [0.15, 0.2) is 0 Å². The molecule has 0 spiro atoms. The second kappa shape index (κ2) is 4.66. The molecule has 0 aromatic carbocycles. The third-order valence-corrected chi connectivity index (χ3v) is 5.30. The zero-order valence-corrected chi connectivity index (χ0v) is 11.1. The van der Waals surface area contributed by atoms with Crippen LogP contribution in [0, 0.1) is 23.7 Å². The van der Waals surface area contributed by atoms with Crippen LogP contribution in [0.25, 0.3) is 0 Å². The number of hydrogen-bond donors (Lipinski definition) is 1. The molecule has 0 saturated heterocycles. The highest BCUT2D eigenvalue weighted by molar-refractivity contribution is 5.89. The number of aliphatic carboxylic acids is 1. The quantitative estimate of drug-likeness (QED) is 0.788. The van der Waals surface area contributed by atoms with Crippen LogP contribution in [0.4, 0.5) is 0 Å². The summed E-state index contributed by atoms with van der Waals surface area (Å²) in [5.41, 5.74) is 0. The minimum Gasteiger partial charge on any atom is -0.480 e. The fraction of sp³-hybridized carbons (Fsp3) is 0.733. The fourth-order valence-corrected chi connectivity index (χ4v) is 5.00. The Balaban J connectivity index is 1.83. The van der Waals surface area contributed by atoms with E-state index in [0.29, 0.717) is 11.8 Å². The van der Waals surface area contributed by atoms with E-state index in [0.717, 1.165) is 11.8 Å². The topological polar surface area (TPSA) is 57.6 Å². The zero-order valence-electron chi connectivity index (χ0n) is 11.1. The molecule has 4 bridgehead atoms. The van der Waals surface area contributed by atoms with Crippen molar-refractivity contribution in [2.24, 2.45) is 23.7 Å². The molecule has 4 aliphatic carbocycles. The summed E-state index contributed by atoms with van der Waals surface area (Å²) >= 11 is 0. The van der Waals surface area contributed by atoms with Crippen LogP contribution in [0.2, 0.25) is 0 Å². The number of amides is 1. The van der Waals surface area contributed by atoms with Crippen LogP contribution in [-0.2, 0) is 9.59 Å². The molecule has 19 heavy (non-hydrogen) atoms. The molecule has 0 unspecified atom stereocenters. The Morgan fingerprint density at radius 1 is 1.11 bits per heavy atom. The molecule has 4 fully saturated rings. The Kier molecular flexibility index (Phi) is 3.11. The maximum absolute atomic E-state index is 12.0. The van der Waals surface area contributed by atoms with E-state index in [1.165, 1.54) is 38.2 Å². The van der Waals surface area contributed by atoms with E-state index in [4.69, 9.17) is 5.11 Å². The molecule has 0 radical (unpaired) electrons. The van der Waals surface area contributed by atoms with Gasteiger partial charge in [-0.2, -0.15) is 0 Å². The maximum Gasteiger partial charge on any atom is 0.323 e. The molecule has 104 valence electrons. The van der Waals surface area contributed by atoms with E-state index in [-0.39, 0.29) is 18.5 Å². The largest absolute Gasteiger partial charge is 0.480 e. The highest BCUT2D eigenvalue weighted by Gasteiger charge is 2.50. The van der Waals surface area contributed by atoms with Crippen LogP contribution in [0.1, 0.15) is 32.1 Å². The highest BCUT2D eigenvalue weighted by Crippen LogP contribution is 2.55. The predicted molar refractivity (Wildman–Crippen MR) is 70.4 cm³/mol. The third kappa shape index (κ3) is 2.17. The standard InChI is InChI=1S/C15H21NO3/c1-2-13(17)16(8-14(18)19)15-11-4-9-3-10(6-11)7-12(15)5-9/h2,9-12,15H,1,3-8H2,(H,18,19). The Labute approximate surface area is 113 Å². The summed E-state index contributed by atoms with van der Waals surface area (Å²) < 4.78 is 0. The second-order valence-corrected chi connectivity index (χ2v) is 6.49. The summed E-state index contributed by atoms with van der Waals surface area (Å²) in [4.78, 5) is 24.6. The Morgan fingerprint density at radius 3 is 2.05 bits per heavy atom. The number of nitrogens with zero attached hydrogens (tertiary/aromatic N) is 1. The molecule has 4 aliphatic rings. The van der Waals surface area contributed by atoms with Crippen LogP contribution in [-0.4, -0.2) is 34.5 Å². The summed E-state index contributed by atoms with van der Waals surface area (Å²) in [7, 11) is 0. The highest BCUT2D eigenvalue weighted by atomic mass is 16.4. The van der Waals surface area contributed by atoms with Crippen molar-refractivity contribution in [3.63, 3.8) is 0 Å². The van der Waals surface area contributed by atoms with Gasteiger partial charge in [0.2, 0.25) is 5.91 Å². The first-order valence-corrected chi connectivity index (χ1v) is 7.23. The van der Waals surface area contributed by atoms with Gasteiger partial charge in [-0.15, -0.1) is 0 Å². The van der Waals surface area contributed by atoms with Crippen molar-refractivity contribution in [3.8, 4) is 0 Å². The minimum absolute atomic E-state index is 0.134. The number of carbonyl (C=O) groups is 2. The number of hydrogen-bond acceptors (Lipinski definition) is 2. The van der Waals surface area contributed by atoms with E-state index in [9.17, 15) is 9.59 Å². The minimum atomic E-state index is -0.927. The van der Waals surface area contributed by atoms with Crippen molar-refractivity contribution < 1.29 is 14.7 Å². The van der Waals surface area contributed by atoms with Crippen molar-refractivity contribution in [2.45, 2.75) is 38.1 Å². The van der Waals surface area contributed by atoms with Gasteiger partial charge < -0.3 is 10.0 Å². The molecule has 1 N–H and O–H groups in total. The van der Waals surface area contributed by atoms with E-state index >= 15 is 0 Å². The van der Waals surface area contributed by atoms with Gasteiger partial charge in [-0.1, -0.05) is 6.58 Å². The molecular formula is C15H21NO3. The molecule has 0 aromatic heterocycles. The first kappa shape index (κ1) is 12.7. The average Bonchev–Trinajstić information content (AvgIpc) is 2.34. The van der Waals surface area contributed by atoms with Crippen molar-refractivity contribution in [2.75, 3.05) is 6.54 Å². The first-order chi connectivity index (χ1) is 9.08. The summed E-state index contributed by atoms with van der Waals surface area (Å²) in [6, 6.07) is 0.134. The summed E-state index contributed by atoms with van der Waals surface area (Å²) in [6.45, 7) is 3.33. The van der Waals surface area contributed by atoms with Gasteiger partial charge in [0, 0.05) is 6.04 Å². The van der Waals surface area contributed by atoms with Gasteiger partial charge in [0.25, 0.3) is 0 Å². The smallest absolute Gasteiger partial charge is 0.323 e. The van der Waals surface area contributed by atoms with E-state index in [2.05, 4.69) is 6.58 Å². The summed E-state index contributed by atoms with van der Waals surface area (Å²) in [5, 5.41) is 9.05. The van der Waals surface area contributed by atoms with Crippen LogP contribution < -0.4 is 0 Å². The number of carbonyl (C=O) groups excluding carboxylic acids is 1. The molecule has 1 amide bonds. The predicted octanol–water partition coefficient (Wildman–Crippen LogP) is 1.91. The van der Waals surface area contributed by atoms with Gasteiger partial charge in [-0.05, 0) is 61.9 Å². The van der Waals surface area contributed by atoms with Crippen molar-refractivity contribution in [1.29, 1.82) is 0 Å². The van der Waals surface area contributed by atoms with Crippen LogP contribution in [0.15, 0.2) is 12.7 Å². The zero-order chi connectivity index (χ0) is 13.6. The molecule has 0 aliphatic heterocycles. The lowest BCUT2D eigenvalue weighted by Gasteiger charge is -2.56. The fourth-order valence-electron chi connectivity index (χ4n) is 5.00. The monoisotopic (exact) mass is 263 g/mol. The lowest BCUT2D eigenvalue weighted by Crippen LogP contribution is -2.58. The second-order valence-electron chi connectivity index (χ2n) is 6.49. The lowest BCUT2D eigenvalue weighted by atomic mass is 9.54. The summed E-state index contributed by atoms with van der Waals surface area (Å²) in [6.07, 6.45) is 7.33.